The number of hydrogen-bond donors (Lipinski definition) is 0. The lowest BCUT2D eigenvalue weighted by atomic mass is 10.1. The van der Waals surface area contributed by atoms with E-state index in [1.807, 2.05) is 6.07 Å². The van der Waals surface area contributed by atoms with Crippen molar-refractivity contribution in [2.45, 2.75) is 17.8 Å². The fourth-order valence-corrected chi connectivity index (χ4v) is 2.84. The van der Waals surface area contributed by atoms with Crippen LogP contribution in [0.2, 0.25) is 0 Å². The summed E-state index contributed by atoms with van der Waals surface area (Å²) in [5.74, 6) is -0.894. The molecule has 10 heteroatoms. The summed E-state index contributed by atoms with van der Waals surface area (Å²) in [5.41, 5.74) is -0.891. The number of thioether (sulfide) groups is 1. The van der Waals surface area contributed by atoms with Crippen molar-refractivity contribution in [3.05, 3.63) is 53.7 Å². The zero-order valence-corrected chi connectivity index (χ0v) is 14.6. The van der Waals surface area contributed by atoms with Gasteiger partial charge in [0.25, 0.3) is 0 Å². The fraction of sp³-hybridized carbons (Fsp3) is 0.176. The molecule has 2 heterocycles. The van der Waals surface area contributed by atoms with Crippen molar-refractivity contribution < 1.29 is 17.6 Å². The number of hydrogen-bond acceptors (Lipinski definition) is 5. The summed E-state index contributed by atoms with van der Waals surface area (Å²) in [6, 6.07) is 6.18. The molecule has 0 unspecified atom stereocenters. The Labute approximate surface area is 155 Å². The van der Waals surface area contributed by atoms with Crippen LogP contribution < -0.4 is 0 Å². The van der Waals surface area contributed by atoms with Gasteiger partial charge in [-0.2, -0.15) is 18.4 Å². The van der Waals surface area contributed by atoms with Gasteiger partial charge in [-0.3, -0.25) is 4.57 Å². The van der Waals surface area contributed by atoms with Gasteiger partial charge >= 0.3 is 6.18 Å². The first-order valence-electron chi connectivity index (χ1n) is 7.53. The predicted octanol–water partition coefficient (Wildman–Crippen LogP) is 4.28. The van der Waals surface area contributed by atoms with Crippen LogP contribution in [0.15, 0.2) is 41.8 Å². The molecular weight excluding hydrogens is 382 g/mol. The summed E-state index contributed by atoms with van der Waals surface area (Å²) in [7, 11) is 0. The average molecular weight is 393 g/mol. The molecule has 0 spiro atoms. The number of rotatable bonds is 4. The molecule has 3 rings (SSSR count). The number of alkyl halides is 3. The van der Waals surface area contributed by atoms with Crippen LogP contribution in [0.1, 0.15) is 11.3 Å². The Kier molecular flexibility index (Phi) is 5.14. The molecule has 0 N–H and O–H groups in total. The maximum Gasteiger partial charge on any atom is 0.419 e. The second-order valence-electron chi connectivity index (χ2n) is 5.34. The predicted molar refractivity (Wildman–Crippen MR) is 90.6 cm³/mol. The van der Waals surface area contributed by atoms with Crippen molar-refractivity contribution in [3.63, 3.8) is 0 Å². The summed E-state index contributed by atoms with van der Waals surface area (Å²) in [6.45, 7) is 0. The number of nitriles is 1. The average Bonchev–Trinajstić information content (AvgIpc) is 3.05. The molecule has 0 fully saturated rings. The van der Waals surface area contributed by atoms with Crippen LogP contribution in [0.5, 0.6) is 0 Å². The Morgan fingerprint density at radius 3 is 2.67 bits per heavy atom. The van der Waals surface area contributed by atoms with Crippen molar-refractivity contribution in [2.24, 2.45) is 0 Å². The molecule has 5 nitrogen and oxygen atoms in total. The number of halogens is 4. The van der Waals surface area contributed by atoms with Gasteiger partial charge in [0.2, 0.25) is 0 Å². The minimum Gasteiger partial charge on any atom is -0.280 e. The van der Waals surface area contributed by atoms with Gasteiger partial charge < -0.3 is 0 Å². The lowest BCUT2D eigenvalue weighted by molar-refractivity contribution is -0.139. The fourth-order valence-electron chi connectivity index (χ4n) is 2.49. The van der Waals surface area contributed by atoms with E-state index in [-0.39, 0.29) is 17.8 Å². The van der Waals surface area contributed by atoms with Crippen molar-refractivity contribution in [3.8, 4) is 23.3 Å². The van der Waals surface area contributed by atoms with Gasteiger partial charge in [0.1, 0.15) is 17.5 Å². The molecule has 27 heavy (non-hydrogen) atoms. The van der Waals surface area contributed by atoms with E-state index in [9.17, 15) is 17.6 Å². The van der Waals surface area contributed by atoms with Crippen molar-refractivity contribution in [1.82, 2.24) is 19.5 Å². The first-order valence-corrected chi connectivity index (χ1v) is 8.75. The normalized spacial score (nSPS) is 11.4. The molecule has 0 atom stereocenters. The van der Waals surface area contributed by atoms with Crippen LogP contribution in [0.25, 0.3) is 17.2 Å². The number of imidazole rings is 1. The summed E-state index contributed by atoms with van der Waals surface area (Å²) in [5, 5.41) is 9.48. The maximum absolute atomic E-state index is 13.6. The van der Waals surface area contributed by atoms with E-state index in [1.54, 1.807) is 12.3 Å². The van der Waals surface area contributed by atoms with Gasteiger partial charge in [-0.15, -0.1) is 0 Å². The molecule has 1 aromatic carbocycles. The third-order valence-electron chi connectivity index (χ3n) is 3.66. The van der Waals surface area contributed by atoms with Crippen LogP contribution in [-0.2, 0) is 12.6 Å². The Morgan fingerprint density at radius 1 is 1.22 bits per heavy atom. The molecule has 0 saturated carbocycles. The van der Waals surface area contributed by atoms with E-state index in [4.69, 9.17) is 5.26 Å². The molecule has 0 aliphatic carbocycles. The van der Waals surface area contributed by atoms with E-state index in [1.165, 1.54) is 34.8 Å². The van der Waals surface area contributed by atoms with Crippen LogP contribution in [0, 0.1) is 17.1 Å². The lowest BCUT2D eigenvalue weighted by Gasteiger charge is -2.13. The monoisotopic (exact) mass is 393 g/mol. The van der Waals surface area contributed by atoms with E-state index in [2.05, 4.69) is 15.0 Å². The molecule has 0 bridgehead atoms. The van der Waals surface area contributed by atoms with Crippen LogP contribution in [-0.4, -0.2) is 25.8 Å². The number of benzene rings is 1. The highest BCUT2D eigenvalue weighted by Gasteiger charge is 2.34. The van der Waals surface area contributed by atoms with Crippen molar-refractivity contribution in [2.75, 3.05) is 6.26 Å². The van der Waals surface area contributed by atoms with Crippen LogP contribution in [0.4, 0.5) is 17.6 Å². The molecule has 0 radical (unpaired) electrons. The number of aromatic nitrogens is 4. The SMILES string of the molecule is CSc1nccc(-n2c(CC#N)cnc2-c2ccc(F)c(C(F)(F)F)c2)n1. The number of nitrogens with zero attached hydrogens (tertiary/aromatic N) is 5. The highest BCUT2D eigenvalue weighted by Crippen LogP contribution is 2.34. The highest BCUT2D eigenvalue weighted by molar-refractivity contribution is 7.98. The summed E-state index contributed by atoms with van der Waals surface area (Å²) in [6.07, 6.45) is -0.206. The van der Waals surface area contributed by atoms with E-state index in [0.29, 0.717) is 22.7 Å². The Bertz CT molecular complexity index is 1020. The van der Waals surface area contributed by atoms with Crippen LogP contribution >= 0.6 is 11.8 Å². The Morgan fingerprint density at radius 2 is 2.00 bits per heavy atom. The first-order chi connectivity index (χ1) is 12.8. The molecule has 3 aromatic rings. The van der Waals surface area contributed by atoms with E-state index < -0.39 is 17.6 Å². The van der Waals surface area contributed by atoms with Crippen LogP contribution in [0.3, 0.4) is 0 Å². The summed E-state index contributed by atoms with van der Waals surface area (Å²) in [4.78, 5) is 12.5. The summed E-state index contributed by atoms with van der Waals surface area (Å²) >= 11 is 1.29. The van der Waals surface area contributed by atoms with Gasteiger partial charge in [0.15, 0.2) is 5.16 Å². The second kappa shape index (κ2) is 7.36. The van der Waals surface area contributed by atoms with Gasteiger partial charge in [-0.1, -0.05) is 11.8 Å². The van der Waals surface area contributed by atoms with Gasteiger partial charge in [0, 0.05) is 11.8 Å². The molecule has 2 aromatic heterocycles. The van der Waals surface area contributed by atoms with Crippen molar-refractivity contribution in [1.29, 1.82) is 5.26 Å². The molecule has 0 saturated heterocycles. The van der Waals surface area contributed by atoms with Crippen molar-refractivity contribution >= 4 is 11.8 Å². The third kappa shape index (κ3) is 3.78. The van der Waals surface area contributed by atoms with Gasteiger partial charge in [-0.05, 0) is 30.5 Å². The zero-order chi connectivity index (χ0) is 19.6. The van der Waals surface area contributed by atoms with Gasteiger partial charge in [-0.25, -0.2) is 19.3 Å². The van der Waals surface area contributed by atoms with E-state index in [0.717, 1.165) is 6.07 Å². The molecule has 138 valence electrons. The molecule has 0 aliphatic heterocycles. The topological polar surface area (TPSA) is 67.4 Å². The Balaban J connectivity index is 2.22. The maximum atomic E-state index is 13.6. The van der Waals surface area contributed by atoms with E-state index >= 15 is 0 Å². The standard InChI is InChI=1S/C17H11F4N5S/c1-27-16-23-7-5-14(25-16)26-11(4-6-22)9-24-15(26)10-2-3-13(18)12(8-10)17(19,20)21/h2-3,5,7-9H,4H2,1H3. The third-order valence-corrected chi connectivity index (χ3v) is 4.22. The second-order valence-corrected chi connectivity index (χ2v) is 6.11. The van der Waals surface area contributed by atoms with Gasteiger partial charge in [0.05, 0.1) is 29.9 Å². The largest absolute Gasteiger partial charge is 0.419 e. The first kappa shape index (κ1) is 18.8. The Hall–Kier alpha value is -2.93. The quantitative estimate of drug-likeness (QED) is 0.376. The molecule has 0 amide bonds. The molecule has 0 aliphatic rings. The molecular formula is C17H11F4N5S. The smallest absolute Gasteiger partial charge is 0.280 e. The lowest BCUT2D eigenvalue weighted by Crippen LogP contribution is -2.09. The highest BCUT2D eigenvalue weighted by atomic mass is 32.2. The minimum atomic E-state index is -4.84. The summed E-state index contributed by atoms with van der Waals surface area (Å²) < 4.78 is 54.3. The minimum absolute atomic E-state index is 0.0288. The zero-order valence-electron chi connectivity index (χ0n) is 13.8.